The Labute approximate surface area is 99.0 Å². The third-order valence-electron chi connectivity index (χ3n) is 1.89. The molecule has 1 aromatic rings. The van der Waals surface area contributed by atoms with Gasteiger partial charge in [-0.15, -0.1) is 0 Å². The summed E-state index contributed by atoms with van der Waals surface area (Å²) in [6, 6.07) is 2.52. The van der Waals surface area contributed by atoms with E-state index in [4.69, 9.17) is 10.5 Å². The van der Waals surface area contributed by atoms with Gasteiger partial charge in [0, 0.05) is 19.9 Å². The number of primary amides is 1. The van der Waals surface area contributed by atoms with E-state index in [1.165, 1.54) is 19.2 Å². The maximum Gasteiger partial charge on any atom is 0.258 e. The predicted molar refractivity (Wildman–Crippen MR) is 59.8 cm³/mol. The predicted octanol–water partition coefficient (Wildman–Crippen LogP) is -0.895. The Morgan fingerprint density at radius 2 is 2.24 bits per heavy atom. The van der Waals surface area contributed by atoms with Crippen LogP contribution in [0.1, 0.15) is 10.4 Å². The molecule has 94 valence electrons. The Morgan fingerprint density at radius 3 is 2.71 bits per heavy atom. The Hall–Kier alpha value is -1.51. The van der Waals surface area contributed by atoms with Crippen molar-refractivity contribution in [2.75, 3.05) is 20.3 Å². The molecule has 1 amide bonds. The summed E-state index contributed by atoms with van der Waals surface area (Å²) in [6.45, 7) is 0.413. The Kier molecular flexibility index (Phi) is 4.55. The van der Waals surface area contributed by atoms with Crippen LogP contribution in [0.4, 0.5) is 0 Å². The molecule has 0 bridgehead atoms. The molecule has 0 fully saturated rings. The second-order valence-electron chi connectivity index (χ2n) is 3.14. The molecule has 0 unspecified atom stereocenters. The standard InChI is InChI=1S/C9H13N3O4S/c1-16-5-4-12-17(14,15)8-3-2-7(6-11-8)9(10)13/h2-3,6,12H,4-5H2,1H3,(H2,10,13). The number of amides is 1. The fraction of sp³-hybridized carbons (Fsp3) is 0.333. The number of hydrogen-bond acceptors (Lipinski definition) is 5. The third-order valence-corrected chi connectivity index (χ3v) is 3.27. The number of carbonyl (C=O) groups excluding carboxylic acids is 1. The Bertz CT molecular complexity index is 483. The first-order valence-corrected chi connectivity index (χ1v) is 6.20. The number of aromatic nitrogens is 1. The molecule has 0 spiro atoms. The van der Waals surface area contributed by atoms with Crippen molar-refractivity contribution in [1.29, 1.82) is 0 Å². The highest BCUT2D eigenvalue weighted by molar-refractivity contribution is 7.89. The number of sulfonamides is 1. The molecule has 0 aliphatic carbocycles. The summed E-state index contributed by atoms with van der Waals surface area (Å²) in [5.41, 5.74) is 5.16. The van der Waals surface area contributed by atoms with Crippen molar-refractivity contribution in [3.05, 3.63) is 23.9 Å². The van der Waals surface area contributed by atoms with Gasteiger partial charge in [0.05, 0.1) is 12.2 Å². The largest absolute Gasteiger partial charge is 0.383 e. The summed E-state index contributed by atoms with van der Waals surface area (Å²) in [5, 5.41) is -0.168. The van der Waals surface area contributed by atoms with Gasteiger partial charge < -0.3 is 10.5 Å². The van der Waals surface area contributed by atoms with Crippen LogP contribution in [0.2, 0.25) is 0 Å². The maximum atomic E-state index is 11.6. The smallest absolute Gasteiger partial charge is 0.258 e. The number of methoxy groups -OCH3 is 1. The molecule has 0 aliphatic rings. The van der Waals surface area contributed by atoms with Crippen LogP contribution in [-0.4, -0.2) is 39.6 Å². The van der Waals surface area contributed by atoms with Gasteiger partial charge in [-0.1, -0.05) is 0 Å². The Morgan fingerprint density at radius 1 is 1.53 bits per heavy atom. The molecule has 8 heteroatoms. The van der Waals surface area contributed by atoms with Crippen molar-refractivity contribution in [3.8, 4) is 0 Å². The van der Waals surface area contributed by atoms with Crippen LogP contribution in [0.5, 0.6) is 0 Å². The van der Waals surface area contributed by atoms with Gasteiger partial charge in [0.1, 0.15) is 0 Å². The molecular formula is C9H13N3O4S. The summed E-state index contributed by atoms with van der Waals surface area (Å²) < 4.78 is 30.3. The van der Waals surface area contributed by atoms with Crippen LogP contribution < -0.4 is 10.5 Å². The Balaban J connectivity index is 2.81. The number of rotatable bonds is 6. The van der Waals surface area contributed by atoms with E-state index in [1.807, 2.05) is 0 Å². The summed E-state index contributed by atoms with van der Waals surface area (Å²) in [7, 11) is -2.20. The fourth-order valence-corrected chi connectivity index (χ4v) is 1.98. The van der Waals surface area contributed by atoms with Gasteiger partial charge in [-0.25, -0.2) is 18.1 Å². The zero-order chi connectivity index (χ0) is 12.9. The lowest BCUT2D eigenvalue weighted by atomic mass is 10.3. The van der Waals surface area contributed by atoms with Gasteiger partial charge in [0.2, 0.25) is 5.91 Å². The zero-order valence-corrected chi connectivity index (χ0v) is 10.0. The molecule has 1 aromatic heterocycles. The topological polar surface area (TPSA) is 111 Å². The zero-order valence-electron chi connectivity index (χ0n) is 9.21. The van der Waals surface area contributed by atoms with Gasteiger partial charge in [0.25, 0.3) is 10.0 Å². The normalized spacial score (nSPS) is 11.4. The molecule has 0 radical (unpaired) electrons. The lowest BCUT2D eigenvalue weighted by molar-refractivity contribution is 0.1000. The summed E-state index contributed by atoms with van der Waals surface area (Å²) in [4.78, 5) is 14.4. The highest BCUT2D eigenvalue weighted by Crippen LogP contribution is 2.05. The highest BCUT2D eigenvalue weighted by Gasteiger charge is 2.15. The van der Waals surface area contributed by atoms with Crippen LogP contribution in [0, 0.1) is 0 Å². The maximum absolute atomic E-state index is 11.6. The van der Waals surface area contributed by atoms with E-state index in [1.54, 1.807) is 0 Å². The summed E-state index contributed by atoms with van der Waals surface area (Å²) >= 11 is 0. The van der Waals surface area contributed by atoms with E-state index in [0.717, 1.165) is 6.20 Å². The number of pyridine rings is 1. The van der Waals surface area contributed by atoms with Gasteiger partial charge >= 0.3 is 0 Å². The fourth-order valence-electron chi connectivity index (χ4n) is 1.04. The van der Waals surface area contributed by atoms with Crippen molar-refractivity contribution >= 4 is 15.9 Å². The molecule has 0 saturated heterocycles. The molecule has 0 aromatic carbocycles. The quantitative estimate of drug-likeness (QED) is 0.643. The van der Waals surface area contributed by atoms with Gasteiger partial charge in [-0.2, -0.15) is 0 Å². The molecular weight excluding hydrogens is 246 g/mol. The van der Waals surface area contributed by atoms with Crippen molar-refractivity contribution in [2.45, 2.75) is 5.03 Å². The monoisotopic (exact) mass is 259 g/mol. The van der Waals surface area contributed by atoms with E-state index in [2.05, 4.69) is 9.71 Å². The van der Waals surface area contributed by atoms with Crippen LogP contribution >= 0.6 is 0 Å². The lowest BCUT2D eigenvalue weighted by Crippen LogP contribution is -2.28. The van der Waals surface area contributed by atoms with E-state index in [-0.39, 0.29) is 23.7 Å². The molecule has 3 N–H and O–H groups in total. The van der Waals surface area contributed by atoms with E-state index < -0.39 is 15.9 Å². The van der Waals surface area contributed by atoms with Crippen LogP contribution in [-0.2, 0) is 14.8 Å². The number of nitrogens with zero attached hydrogens (tertiary/aromatic N) is 1. The minimum absolute atomic E-state index is 0.151. The second-order valence-corrected chi connectivity index (χ2v) is 4.85. The van der Waals surface area contributed by atoms with Crippen LogP contribution in [0.3, 0.4) is 0 Å². The van der Waals surface area contributed by atoms with Crippen molar-refractivity contribution in [2.24, 2.45) is 5.73 Å². The second kappa shape index (κ2) is 5.71. The van der Waals surface area contributed by atoms with Gasteiger partial charge in [0.15, 0.2) is 5.03 Å². The molecule has 0 saturated carbocycles. The number of ether oxygens (including phenoxy) is 1. The van der Waals surface area contributed by atoms with Crippen molar-refractivity contribution < 1.29 is 17.9 Å². The number of hydrogen-bond donors (Lipinski definition) is 2. The minimum atomic E-state index is -3.67. The van der Waals surface area contributed by atoms with Crippen molar-refractivity contribution in [3.63, 3.8) is 0 Å². The van der Waals surface area contributed by atoms with Gasteiger partial charge in [-0.3, -0.25) is 4.79 Å². The van der Waals surface area contributed by atoms with E-state index >= 15 is 0 Å². The molecule has 0 atom stereocenters. The van der Waals surface area contributed by atoms with Crippen molar-refractivity contribution in [1.82, 2.24) is 9.71 Å². The summed E-state index contributed by atoms with van der Waals surface area (Å²) in [6.07, 6.45) is 1.12. The number of carbonyl (C=O) groups is 1. The van der Waals surface area contributed by atoms with E-state index in [9.17, 15) is 13.2 Å². The number of nitrogens with one attached hydrogen (secondary N) is 1. The SMILES string of the molecule is COCCNS(=O)(=O)c1ccc(C(N)=O)cn1. The molecule has 0 aliphatic heterocycles. The minimum Gasteiger partial charge on any atom is -0.383 e. The van der Waals surface area contributed by atoms with E-state index in [0.29, 0.717) is 0 Å². The lowest BCUT2D eigenvalue weighted by Gasteiger charge is -2.05. The summed E-state index contributed by atoms with van der Waals surface area (Å²) in [5.74, 6) is -0.659. The average Bonchev–Trinajstić information content (AvgIpc) is 2.29. The first-order valence-electron chi connectivity index (χ1n) is 4.72. The molecule has 1 rings (SSSR count). The average molecular weight is 259 g/mol. The number of nitrogens with two attached hydrogens (primary N) is 1. The molecule has 1 heterocycles. The van der Waals surface area contributed by atoms with Crippen LogP contribution in [0.15, 0.2) is 23.4 Å². The molecule has 17 heavy (non-hydrogen) atoms. The first-order chi connectivity index (χ1) is 7.97. The van der Waals surface area contributed by atoms with Crippen LogP contribution in [0.25, 0.3) is 0 Å². The van der Waals surface area contributed by atoms with Gasteiger partial charge in [-0.05, 0) is 12.1 Å². The highest BCUT2D eigenvalue weighted by atomic mass is 32.2. The molecule has 7 nitrogen and oxygen atoms in total. The third kappa shape index (κ3) is 3.77. The first kappa shape index (κ1) is 13.6.